The second-order valence-corrected chi connectivity index (χ2v) is 4.30. The maximum absolute atomic E-state index is 12.0. The van der Waals surface area contributed by atoms with Gasteiger partial charge in [0.2, 0.25) is 5.78 Å². The Morgan fingerprint density at radius 3 is 2.73 bits per heavy atom. The van der Waals surface area contributed by atoms with Crippen molar-refractivity contribution in [2.75, 3.05) is 0 Å². The SMILES string of the molecule is CCc1ccc(C(=O)c2sccc2C)o1. The minimum absolute atomic E-state index is 0.0119. The van der Waals surface area contributed by atoms with Gasteiger partial charge in [0.1, 0.15) is 5.76 Å². The van der Waals surface area contributed by atoms with E-state index in [1.54, 1.807) is 6.07 Å². The summed E-state index contributed by atoms with van der Waals surface area (Å²) in [4.78, 5) is 12.7. The van der Waals surface area contributed by atoms with E-state index in [1.165, 1.54) is 11.3 Å². The van der Waals surface area contributed by atoms with Crippen molar-refractivity contribution < 1.29 is 9.21 Å². The Bertz CT molecular complexity index is 479. The molecule has 0 atom stereocenters. The molecule has 3 heteroatoms. The highest BCUT2D eigenvalue weighted by molar-refractivity contribution is 7.12. The fourth-order valence-corrected chi connectivity index (χ4v) is 2.28. The van der Waals surface area contributed by atoms with Gasteiger partial charge in [0.05, 0.1) is 4.88 Å². The first-order valence-corrected chi connectivity index (χ1v) is 5.78. The lowest BCUT2D eigenvalue weighted by Gasteiger charge is -1.95. The van der Waals surface area contributed by atoms with Gasteiger partial charge in [-0.25, -0.2) is 0 Å². The molecule has 2 aromatic rings. The number of rotatable bonds is 3. The van der Waals surface area contributed by atoms with Crippen LogP contribution in [0.1, 0.15) is 33.7 Å². The number of carbonyl (C=O) groups is 1. The first-order chi connectivity index (χ1) is 7.22. The Balaban J connectivity index is 2.32. The van der Waals surface area contributed by atoms with Crippen molar-refractivity contribution in [3.05, 3.63) is 45.5 Å². The van der Waals surface area contributed by atoms with Crippen LogP contribution in [0.3, 0.4) is 0 Å². The van der Waals surface area contributed by atoms with E-state index < -0.39 is 0 Å². The predicted octanol–water partition coefficient (Wildman–Crippen LogP) is 3.44. The van der Waals surface area contributed by atoms with Crippen molar-refractivity contribution in [3.63, 3.8) is 0 Å². The molecule has 0 radical (unpaired) electrons. The maximum atomic E-state index is 12.0. The number of aryl methyl sites for hydroxylation is 2. The Hall–Kier alpha value is -1.35. The van der Waals surface area contributed by atoms with Crippen molar-refractivity contribution in [3.8, 4) is 0 Å². The monoisotopic (exact) mass is 220 g/mol. The van der Waals surface area contributed by atoms with E-state index in [4.69, 9.17) is 4.42 Å². The van der Waals surface area contributed by atoms with E-state index in [-0.39, 0.29) is 5.78 Å². The van der Waals surface area contributed by atoms with Crippen LogP contribution in [-0.4, -0.2) is 5.78 Å². The zero-order chi connectivity index (χ0) is 10.8. The third-order valence-corrected chi connectivity index (χ3v) is 3.32. The summed E-state index contributed by atoms with van der Waals surface area (Å²) in [7, 11) is 0. The summed E-state index contributed by atoms with van der Waals surface area (Å²) in [6.45, 7) is 3.94. The van der Waals surface area contributed by atoms with E-state index in [9.17, 15) is 4.79 Å². The first kappa shape index (κ1) is 10.2. The molecule has 0 bridgehead atoms. The fraction of sp³-hybridized carbons (Fsp3) is 0.250. The lowest BCUT2D eigenvalue weighted by molar-refractivity contribution is 0.101. The van der Waals surface area contributed by atoms with Gasteiger partial charge in [0, 0.05) is 6.42 Å². The third kappa shape index (κ3) is 1.88. The number of hydrogen-bond acceptors (Lipinski definition) is 3. The molecular formula is C12H12O2S. The summed E-state index contributed by atoms with van der Waals surface area (Å²) in [5.74, 6) is 1.28. The van der Waals surface area contributed by atoms with E-state index in [0.717, 1.165) is 22.6 Å². The number of ketones is 1. The van der Waals surface area contributed by atoms with Gasteiger partial charge in [-0.3, -0.25) is 4.79 Å². The quantitative estimate of drug-likeness (QED) is 0.742. The van der Waals surface area contributed by atoms with E-state index in [1.807, 2.05) is 31.4 Å². The molecule has 0 aliphatic carbocycles. The number of furan rings is 1. The van der Waals surface area contributed by atoms with Gasteiger partial charge < -0.3 is 4.42 Å². The topological polar surface area (TPSA) is 30.2 Å². The average molecular weight is 220 g/mol. The second kappa shape index (κ2) is 4.03. The Morgan fingerprint density at radius 1 is 1.40 bits per heavy atom. The molecule has 0 saturated carbocycles. The van der Waals surface area contributed by atoms with Gasteiger partial charge in [0.25, 0.3) is 0 Å². The van der Waals surface area contributed by atoms with Crippen molar-refractivity contribution in [1.29, 1.82) is 0 Å². The number of thiophene rings is 1. The van der Waals surface area contributed by atoms with Gasteiger partial charge in [-0.2, -0.15) is 0 Å². The normalized spacial score (nSPS) is 10.5. The molecule has 0 spiro atoms. The van der Waals surface area contributed by atoms with Crippen LogP contribution in [0, 0.1) is 6.92 Å². The summed E-state index contributed by atoms with van der Waals surface area (Å²) in [5.41, 5.74) is 1.01. The van der Waals surface area contributed by atoms with Crippen LogP contribution in [0.2, 0.25) is 0 Å². The molecule has 0 aliphatic rings. The highest BCUT2D eigenvalue weighted by Gasteiger charge is 2.16. The van der Waals surface area contributed by atoms with Crippen LogP contribution in [0.5, 0.6) is 0 Å². The zero-order valence-corrected chi connectivity index (χ0v) is 9.56. The molecule has 2 rings (SSSR count). The minimum atomic E-state index is -0.0119. The molecule has 0 aliphatic heterocycles. The van der Waals surface area contributed by atoms with Gasteiger partial charge in [-0.15, -0.1) is 11.3 Å². The molecule has 0 aromatic carbocycles. The Kier molecular flexibility index (Phi) is 2.73. The van der Waals surface area contributed by atoms with Gasteiger partial charge in [-0.05, 0) is 36.1 Å². The molecule has 0 saturated heterocycles. The van der Waals surface area contributed by atoms with E-state index >= 15 is 0 Å². The lowest BCUT2D eigenvalue weighted by atomic mass is 10.2. The fourth-order valence-electron chi connectivity index (χ4n) is 1.41. The Labute approximate surface area is 92.5 Å². The molecule has 0 N–H and O–H groups in total. The van der Waals surface area contributed by atoms with E-state index in [0.29, 0.717) is 5.76 Å². The molecule has 0 amide bonds. The molecule has 2 aromatic heterocycles. The standard InChI is InChI=1S/C12H12O2S/c1-3-9-4-5-10(14-9)11(13)12-8(2)6-7-15-12/h4-7H,3H2,1-2H3. The summed E-state index contributed by atoms with van der Waals surface area (Å²) in [5, 5.41) is 1.92. The van der Waals surface area contributed by atoms with Crippen LogP contribution < -0.4 is 0 Å². The molecule has 2 heterocycles. The summed E-state index contributed by atoms with van der Waals surface area (Å²) in [6, 6.07) is 5.55. The van der Waals surface area contributed by atoms with Gasteiger partial charge in [-0.1, -0.05) is 6.92 Å². The molecule has 0 unspecified atom stereocenters. The molecular weight excluding hydrogens is 208 g/mol. The number of hydrogen-bond donors (Lipinski definition) is 0. The largest absolute Gasteiger partial charge is 0.458 e. The number of carbonyl (C=O) groups excluding carboxylic acids is 1. The van der Waals surface area contributed by atoms with Crippen molar-refractivity contribution in [2.45, 2.75) is 20.3 Å². The Morgan fingerprint density at radius 2 is 2.20 bits per heavy atom. The minimum Gasteiger partial charge on any atom is -0.458 e. The average Bonchev–Trinajstić information content (AvgIpc) is 2.84. The summed E-state index contributed by atoms with van der Waals surface area (Å²) in [6.07, 6.45) is 0.816. The molecule has 78 valence electrons. The highest BCUT2D eigenvalue weighted by Crippen LogP contribution is 2.21. The lowest BCUT2D eigenvalue weighted by Crippen LogP contribution is -1.98. The van der Waals surface area contributed by atoms with Crippen molar-refractivity contribution in [2.24, 2.45) is 0 Å². The zero-order valence-electron chi connectivity index (χ0n) is 8.74. The van der Waals surface area contributed by atoms with E-state index in [2.05, 4.69) is 0 Å². The summed E-state index contributed by atoms with van der Waals surface area (Å²) >= 11 is 1.46. The summed E-state index contributed by atoms with van der Waals surface area (Å²) < 4.78 is 5.43. The van der Waals surface area contributed by atoms with Crippen LogP contribution in [0.15, 0.2) is 28.0 Å². The van der Waals surface area contributed by atoms with Crippen LogP contribution in [-0.2, 0) is 6.42 Å². The smallest absolute Gasteiger partial charge is 0.238 e. The highest BCUT2D eigenvalue weighted by atomic mass is 32.1. The van der Waals surface area contributed by atoms with Crippen molar-refractivity contribution in [1.82, 2.24) is 0 Å². The van der Waals surface area contributed by atoms with Crippen molar-refractivity contribution >= 4 is 17.1 Å². The predicted molar refractivity (Wildman–Crippen MR) is 60.6 cm³/mol. The maximum Gasteiger partial charge on any atom is 0.238 e. The van der Waals surface area contributed by atoms with Crippen LogP contribution in [0.4, 0.5) is 0 Å². The molecule has 2 nitrogen and oxygen atoms in total. The van der Waals surface area contributed by atoms with Crippen LogP contribution >= 0.6 is 11.3 Å². The third-order valence-electron chi connectivity index (χ3n) is 2.30. The molecule has 0 fully saturated rings. The molecule has 15 heavy (non-hydrogen) atoms. The van der Waals surface area contributed by atoms with Crippen LogP contribution in [0.25, 0.3) is 0 Å². The first-order valence-electron chi connectivity index (χ1n) is 4.90. The second-order valence-electron chi connectivity index (χ2n) is 3.38. The van der Waals surface area contributed by atoms with Gasteiger partial charge in [0.15, 0.2) is 5.76 Å². The van der Waals surface area contributed by atoms with Gasteiger partial charge >= 0.3 is 0 Å².